The first-order chi connectivity index (χ1) is 12.1. The van der Waals surface area contributed by atoms with Gasteiger partial charge in [0.2, 0.25) is 5.91 Å². The van der Waals surface area contributed by atoms with Gasteiger partial charge in [-0.3, -0.25) is 4.79 Å². The Morgan fingerprint density at radius 2 is 1.64 bits per heavy atom. The van der Waals surface area contributed by atoms with E-state index in [1.54, 1.807) is 31.4 Å². The Morgan fingerprint density at radius 1 is 0.960 bits per heavy atom. The summed E-state index contributed by atoms with van der Waals surface area (Å²) in [6, 6.07) is 14.4. The SMILES string of the molecule is COC(=O)c1ccc(NC(=O)CCNCc2ccc(OC)cc2)cc1. The molecule has 0 atom stereocenters. The third kappa shape index (κ3) is 5.93. The maximum Gasteiger partial charge on any atom is 0.337 e. The molecule has 0 aliphatic heterocycles. The van der Waals surface area contributed by atoms with Crippen LogP contribution in [0.1, 0.15) is 22.3 Å². The second-order valence-electron chi connectivity index (χ2n) is 5.39. The highest BCUT2D eigenvalue weighted by atomic mass is 16.5. The van der Waals surface area contributed by atoms with Gasteiger partial charge in [-0.25, -0.2) is 4.79 Å². The van der Waals surface area contributed by atoms with Crippen LogP contribution >= 0.6 is 0 Å². The lowest BCUT2D eigenvalue weighted by Crippen LogP contribution is -2.21. The smallest absolute Gasteiger partial charge is 0.337 e. The number of carbonyl (C=O) groups excluding carboxylic acids is 2. The van der Waals surface area contributed by atoms with Crippen molar-refractivity contribution in [2.24, 2.45) is 0 Å². The molecule has 25 heavy (non-hydrogen) atoms. The third-order valence-corrected chi connectivity index (χ3v) is 3.61. The summed E-state index contributed by atoms with van der Waals surface area (Å²) in [4.78, 5) is 23.3. The minimum Gasteiger partial charge on any atom is -0.497 e. The van der Waals surface area contributed by atoms with Gasteiger partial charge in [0.1, 0.15) is 5.75 Å². The summed E-state index contributed by atoms with van der Waals surface area (Å²) in [5.41, 5.74) is 2.22. The number of carbonyl (C=O) groups is 2. The number of amides is 1. The molecule has 2 rings (SSSR count). The molecule has 0 aliphatic carbocycles. The van der Waals surface area contributed by atoms with Gasteiger partial charge < -0.3 is 20.1 Å². The Labute approximate surface area is 147 Å². The van der Waals surface area contributed by atoms with E-state index in [9.17, 15) is 9.59 Å². The van der Waals surface area contributed by atoms with Crippen LogP contribution < -0.4 is 15.4 Å². The van der Waals surface area contributed by atoms with Crippen molar-refractivity contribution in [3.63, 3.8) is 0 Å². The van der Waals surface area contributed by atoms with Gasteiger partial charge in [-0.15, -0.1) is 0 Å². The maximum atomic E-state index is 11.9. The molecule has 0 aliphatic rings. The van der Waals surface area contributed by atoms with E-state index in [1.807, 2.05) is 24.3 Å². The Bertz CT molecular complexity index is 696. The van der Waals surface area contributed by atoms with Gasteiger partial charge in [-0.2, -0.15) is 0 Å². The van der Waals surface area contributed by atoms with E-state index in [0.29, 0.717) is 30.8 Å². The zero-order chi connectivity index (χ0) is 18.1. The molecule has 132 valence electrons. The predicted molar refractivity (Wildman–Crippen MR) is 95.7 cm³/mol. The van der Waals surface area contributed by atoms with Crippen molar-refractivity contribution >= 4 is 17.6 Å². The number of rotatable bonds is 8. The Kier molecular flexibility index (Phi) is 6.98. The summed E-state index contributed by atoms with van der Waals surface area (Å²) >= 11 is 0. The zero-order valence-electron chi connectivity index (χ0n) is 14.4. The van der Waals surface area contributed by atoms with Crippen LogP contribution in [-0.4, -0.2) is 32.6 Å². The van der Waals surface area contributed by atoms with Gasteiger partial charge in [0.25, 0.3) is 0 Å². The highest BCUT2D eigenvalue weighted by molar-refractivity contribution is 5.93. The first-order valence-corrected chi connectivity index (χ1v) is 7.94. The summed E-state index contributed by atoms with van der Waals surface area (Å²) in [5, 5.41) is 6.02. The number of methoxy groups -OCH3 is 2. The summed E-state index contributed by atoms with van der Waals surface area (Å²) < 4.78 is 9.74. The highest BCUT2D eigenvalue weighted by Gasteiger charge is 2.06. The molecule has 0 saturated carbocycles. The Hall–Kier alpha value is -2.86. The Morgan fingerprint density at radius 3 is 2.24 bits per heavy atom. The van der Waals surface area contributed by atoms with Gasteiger partial charge in [0, 0.05) is 25.2 Å². The van der Waals surface area contributed by atoms with Crippen LogP contribution in [0, 0.1) is 0 Å². The molecular formula is C19H22N2O4. The molecule has 2 aromatic carbocycles. The van der Waals surface area contributed by atoms with Gasteiger partial charge in [-0.1, -0.05) is 12.1 Å². The molecule has 0 spiro atoms. The van der Waals surface area contributed by atoms with Crippen molar-refractivity contribution in [2.75, 3.05) is 26.1 Å². The van der Waals surface area contributed by atoms with E-state index in [2.05, 4.69) is 15.4 Å². The standard InChI is InChI=1S/C19H22N2O4/c1-24-17-9-3-14(4-10-17)13-20-12-11-18(22)21-16-7-5-15(6-8-16)19(23)25-2/h3-10,20H,11-13H2,1-2H3,(H,21,22). The van der Waals surface area contributed by atoms with Crippen LogP contribution in [0.3, 0.4) is 0 Å². The molecule has 0 fully saturated rings. The minimum atomic E-state index is -0.402. The van der Waals surface area contributed by atoms with E-state index in [0.717, 1.165) is 11.3 Å². The summed E-state index contributed by atoms with van der Waals surface area (Å²) in [6.07, 6.45) is 0.356. The number of nitrogens with one attached hydrogen (secondary N) is 2. The topological polar surface area (TPSA) is 76.7 Å². The summed E-state index contributed by atoms with van der Waals surface area (Å²) in [5.74, 6) is 0.329. The van der Waals surface area contributed by atoms with Crippen LogP contribution in [0.25, 0.3) is 0 Å². The fourth-order valence-electron chi connectivity index (χ4n) is 2.21. The number of anilines is 1. The van der Waals surface area contributed by atoms with Gasteiger partial charge in [0.05, 0.1) is 19.8 Å². The molecule has 0 bridgehead atoms. The molecule has 0 saturated heterocycles. The predicted octanol–water partition coefficient (Wildman–Crippen LogP) is 2.60. The normalized spacial score (nSPS) is 10.2. The number of hydrogen-bond donors (Lipinski definition) is 2. The van der Waals surface area contributed by atoms with E-state index < -0.39 is 5.97 Å². The molecule has 6 heteroatoms. The van der Waals surface area contributed by atoms with Crippen molar-refractivity contribution in [3.05, 3.63) is 59.7 Å². The molecule has 0 heterocycles. The van der Waals surface area contributed by atoms with Crippen LogP contribution in [-0.2, 0) is 16.1 Å². The molecular weight excluding hydrogens is 320 g/mol. The first kappa shape index (κ1) is 18.5. The number of esters is 1. The fourth-order valence-corrected chi connectivity index (χ4v) is 2.21. The molecule has 2 aromatic rings. The van der Waals surface area contributed by atoms with Crippen molar-refractivity contribution in [3.8, 4) is 5.75 Å². The maximum absolute atomic E-state index is 11.9. The average molecular weight is 342 g/mol. The lowest BCUT2D eigenvalue weighted by Gasteiger charge is -2.08. The fraction of sp³-hybridized carbons (Fsp3) is 0.263. The van der Waals surface area contributed by atoms with Gasteiger partial charge in [0.15, 0.2) is 0 Å². The second kappa shape index (κ2) is 9.44. The number of hydrogen-bond acceptors (Lipinski definition) is 5. The van der Waals surface area contributed by atoms with Crippen molar-refractivity contribution in [1.29, 1.82) is 0 Å². The van der Waals surface area contributed by atoms with E-state index in [1.165, 1.54) is 7.11 Å². The lowest BCUT2D eigenvalue weighted by molar-refractivity contribution is -0.116. The zero-order valence-corrected chi connectivity index (χ0v) is 14.4. The minimum absolute atomic E-state index is 0.0898. The molecule has 0 unspecified atom stereocenters. The van der Waals surface area contributed by atoms with Gasteiger partial charge in [-0.05, 0) is 42.0 Å². The first-order valence-electron chi connectivity index (χ1n) is 7.94. The van der Waals surface area contributed by atoms with Crippen LogP contribution in [0.5, 0.6) is 5.75 Å². The average Bonchev–Trinajstić information content (AvgIpc) is 2.65. The molecule has 0 aromatic heterocycles. The van der Waals surface area contributed by atoms with Crippen LogP contribution in [0.4, 0.5) is 5.69 Å². The molecule has 2 N–H and O–H groups in total. The van der Waals surface area contributed by atoms with Crippen molar-refractivity contribution < 1.29 is 19.1 Å². The second-order valence-corrected chi connectivity index (χ2v) is 5.39. The third-order valence-electron chi connectivity index (χ3n) is 3.61. The van der Waals surface area contributed by atoms with Crippen molar-refractivity contribution in [1.82, 2.24) is 5.32 Å². The van der Waals surface area contributed by atoms with Crippen LogP contribution in [0.2, 0.25) is 0 Å². The van der Waals surface area contributed by atoms with E-state index >= 15 is 0 Å². The van der Waals surface area contributed by atoms with Crippen LogP contribution in [0.15, 0.2) is 48.5 Å². The summed E-state index contributed by atoms with van der Waals surface area (Å²) in [7, 11) is 2.96. The molecule has 6 nitrogen and oxygen atoms in total. The molecule has 1 amide bonds. The van der Waals surface area contributed by atoms with E-state index in [4.69, 9.17) is 4.74 Å². The lowest BCUT2D eigenvalue weighted by atomic mass is 10.2. The molecule has 0 radical (unpaired) electrons. The number of ether oxygens (including phenoxy) is 2. The largest absolute Gasteiger partial charge is 0.497 e. The quantitative estimate of drug-likeness (QED) is 0.570. The highest BCUT2D eigenvalue weighted by Crippen LogP contribution is 2.12. The van der Waals surface area contributed by atoms with Gasteiger partial charge >= 0.3 is 5.97 Å². The van der Waals surface area contributed by atoms with Crippen molar-refractivity contribution in [2.45, 2.75) is 13.0 Å². The number of benzene rings is 2. The summed E-state index contributed by atoms with van der Waals surface area (Å²) in [6.45, 7) is 1.25. The van der Waals surface area contributed by atoms with E-state index in [-0.39, 0.29) is 5.91 Å². The Balaban J connectivity index is 1.70. The monoisotopic (exact) mass is 342 g/mol.